The molecule has 21 heavy (non-hydrogen) atoms. The number of allylic oxidation sites excluding steroid dienone is 1. The van der Waals surface area contributed by atoms with Crippen LogP contribution in [-0.4, -0.2) is 43.2 Å². The summed E-state index contributed by atoms with van der Waals surface area (Å²) in [4.78, 5) is 14.3. The van der Waals surface area contributed by atoms with Crippen molar-refractivity contribution in [1.29, 1.82) is 0 Å². The maximum Gasteiger partial charge on any atom is 0.254 e. The lowest BCUT2D eigenvalue weighted by molar-refractivity contribution is 0.0303. The number of hydrogen-bond donors (Lipinski definition) is 1. The smallest absolute Gasteiger partial charge is 0.254 e. The van der Waals surface area contributed by atoms with Crippen molar-refractivity contribution in [3.05, 3.63) is 42.5 Å². The van der Waals surface area contributed by atoms with Gasteiger partial charge >= 0.3 is 0 Å². The van der Waals surface area contributed by atoms with Gasteiger partial charge in [-0.3, -0.25) is 4.79 Å². The molecule has 1 fully saturated rings. The molecule has 0 radical (unpaired) electrons. The summed E-state index contributed by atoms with van der Waals surface area (Å²) in [5.74, 6) is 0.0840. The number of benzene rings is 1. The zero-order valence-corrected chi connectivity index (χ0v) is 12.7. The quantitative estimate of drug-likeness (QED) is 0.818. The van der Waals surface area contributed by atoms with E-state index in [2.05, 4.69) is 18.8 Å². The SMILES string of the molecule is C=CCC[C@H](C)Nc1cccc(C(=O)N2CCOCC2)c1. The van der Waals surface area contributed by atoms with Crippen molar-refractivity contribution in [2.75, 3.05) is 31.6 Å². The molecule has 0 saturated carbocycles. The van der Waals surface area contributed by atoms with Gasteiger partial charge in [0.1, 0.15) is 0 Å². The fourth-order valence-electron chi connectivity index (χ4n) is 2.42. The molecule has 1 atom stereocenters. The molecule has 1 aliphatic rings. The van der Waals surface area contributed by atoms with Gasteiger partial charge in [0.05, 0.1) is 13.2 Å². The van der Waals surface area contributed by atoms with E-state index in [0.29, 0.717) is 32.3 Å². The second-order valence-corrected chi connectivity index (χ2v) is 5.40. The molecule has 1 heterocycles. The van der Waals surface area contributed by atoms with Gasteiger partial charge in [0, 0.05) is 30.4 Å². The van der Waals surface area contributed by atoms with E-state index < -0.39 is 0 Å². The highest BCUT2D eigenvalue weighted by Crippen LogP contribution is 2.15. The number of hydrogen-bond acceptors (Lipinski definition) is 3. The Morgan fingerprint density at radius 2 is 2.24 bits per heavy atom. The average Bonchev–Trinajstić information content (AvgIpc) is 2.53. The van der Waals surface area contributed by atoms with Crippen molar-refractivity contribution in [1.82, 2.24) is 4.90 Å². The normalized spacial score (nSPS) is 16.3. The van der Waals surface area contributed by atoms with E-state index in [1.807, 2.05) is 35.2 Å². The second kappa shape index (κ2) is 7.84. The highest BCUT2D eigenvalue weighted by molar-refractivity contribution is 5.95. The summed E-state index contributed by atoms with van der Waals surface area (Å²) >= 11 is 0. The Balaban J connectivity index is 1.99. The third-order valence-electron chi connectivity index (χ3n) is 3.62. The van der Waals surface area contributed by atoms with Crippen LogP contribution in [-0.2, 0) is 4.74 Å². The minimum Gasteiger partial charge on any atom is -0.383 e. The number of ether oxygens (including phenoxy) is 1. The lowest BCUT2D eigenvalue weighted by atomic mass is 10.1. The minimum atomic E-state index is 0.0840. The molecule has 0 bridgehead atoms. The highest BCUT2D eigenvalue weighted by Gasteiger charge is 2.18. The van der Waals surface area contributed by atoms with Crippen LogP contribution in [0.1, 0.15) is 30.1 Å². The second-order valence-electron chi connectivity index (χ2n) is 5.40. The van der Waals surface area contributed by atoms with E-state index in [-0.39, 0.29) is 5.91 Å². The van der Waals surface area contributed by atoms with Crippen LogP contribution in [0.2, 0.25) is 0 Å². The summed E-state index contributed by atoms with van der Waals surface area (Å²) in [6.07, 6.45) is 3.95. The molecule has 1 aromatic rings. The van der Waals surface area contributed by atoms with Crippen LogP contribution >= 0.6 is 0 Å². The van der Waals surface area contributed by atoms with Gasteiger partial charge in [0.2, 0.25) is 0 Å². The predicted molar refractivity (Wildman–Crippen MR) is 85.7 cm³/mol. The van der Waals surface area contributed by atoms with E-state index in [4.69, 9.17) is 4.74 Å². The molecule has 0 aliphatic carbocycles. The van der Waals surface area contributed by atoms with Crippen LogP contribution in [0.4, 0.5) is 5.69 Å². The molecule has 1 N–H and O–H groups in total. The summed E-state index contributed by atoms with van der Waals surface area (Å²) in [6.45, 7) is 8.48. The minimum absolute atomic E-state index is 0.0840. The lowest BCUT2D eigenvalue weighted by Crippen LogP contribution is -2.40. The molecule has 0 spiro atoms. The van der Waals surface area contributed by atoms with E-state index >= 15 is 0 Å². The summed E-state index contributed by atoms with van der Waals surface area (Å²) < 4.78 is 5.29. The number of morpholine rings is 1. The van der Waals surface area contributed by atoms with Gasteiger partial charge in [0.25, 0.3) is 5.91 Å². The van der Waals surface area contributed by atoms with E-state index in [1.54, 1.807) is 0 Å². The molecule has 4 heteroatoms. The van der Waals surface area contributed by atoms with Crippen LogP contribution in [0.25, 0.3) is 0 Å². The molecular weight excluding hydrogens is 264 g/mol. The van der Waals surface area contributed by atoms with Crippen molar-refractivity contribution in [2.45, 2.75) is 25.8 Å². The van der Waals surface area contributed by atoms with Gasteiger partial charge in [0.15, 0.2) is 0 Å². The summed E-state index contributed by atoms with van der Waals surface area (Å²) in [6, 6.07) is 8.09. The summed E-state index contributed by atoms with van der Waals surface area (Å²) in [7, 11) is 0. The zero-order chi connectivity index (χ0) is 15.1. The molecule has 1 amide bonds. The Hall–Kier alpha value is -1.81. The first-order valence-electron chi connectivity index (χ1n) is 7.55. The van der Waals surface area contributed by atoms with Crippen LogP contribution in [0.3, 0.4) is 0 Å². The number of carbonyl (C=O) groups is 1. The standard InChI is InChI=1S/C17H24N2O2/c1-3-4-6-14(2)18-16-8-5-7-15(13-16)17(20)19-9-11-21-12-10-19/h3,5,7-8,13-14,18H,1,4,6,9-12H2,2H3/t14-/m0/s1. The first kappa shape index (κ1) is 15.6. The number of anilines is 1. The Labute approximate surface area is 126 Å². The van der Waals surface area contributed by atoms with Crippen LogP contribution in [0.5, 0.6) is 0 Å². The molecule has 1 aliphatic heterocycles. The number of rotatable bonds is 6. The maximum atomic E-state index is 12.4. The van der Waals surface area contributed by atoms with Crippen LogP contribution in [0, 0.1) is 0 Å². The van der Waals surface area contributed by atoms with Gasteiger partial charge in [-0.1, -0.05) is 12.1 Å². The largest absolute Gasteiger partial charge is 0.383 e. The van der Waals surface area contributed by atoms with Gasteiger partial charge < -0.3 is 15.0 Å². The summed E-state index contributed by atoms with van der Waals surface area (Å²) in [5.41, 5.74) is 1.73. The molecule has 114 valence electrons. The number of nitrogens with one attached hydrogen (secondary N) is 1. The van der Waals surface area contributed by atoms with Gasteiger partial charge in [-0.05, 0) is 38.0 Å². The Kier molecular flexibility index (Phi) is 5.81. The molecule has 0 aromatic heterocycles. The average molecular weight is 288 g/mol. The van der Waals surface area contributed by atoms with E-state index in [1.165, 1.54) is 0 Å². The summed E-state index contributed by atoms with van der Waals surface area (Å²) in [5, 5.41) is 3.43. The first-order chi connectivity index (χ1) is 10.2. The molecular formula is C17H24N2O2. The molecule has 2 rings (SSSR count). The predicted octanol–water partition coefficient (Wildman–Crippen LogP) is 2.93. The number of nitrogens with zero attached hydrogens (tertiary/aromatic N) is 1. The van der Waals surface area contributed by atoms with Crippen LogP contribution < -0.4 is 5.32 Å². The van der Waals surface area contributed by atoms with Crippen molar-refractivity contribution in [2.24, 2.45) is 0 Å². The van der Waals surface area contributed by atoms with E-state index in [9.17, 15) is 4.79 Å². The molecule has 1 saturated heterocycles. The molecule has 1 aromatic carbocycles. The van der Waals surface area contributed by atoms with Crippen molar-refractivity contribution >= 4 is 11.6 Å². The van der Waals surface area contributed by atoms with Crippen molar-refractivity contribution in [3.63, 3.8) is 0 Å². The Morgan fingerprint density at radius 1 is 1.48 bits per heavy atom. The third kappa shape index (κ3) is 4.60. The molecule has 4 nitrogen and oxygen atoms in total. The molecule has 0 unspecified atom stereocenters. The van der Waals surface area contributed by atoms with Crippen LogP contribution in [0.15, 0.2) is 36.9 Å². The van der Waals surface area contributed by atoms with Gasteiger partial charge in [-0.2, -0.15) is 0 Å². The third-order valence-corrected chi connectivity index (χ3v) is 3.62. The highest BCUT2D eigenvalue weighted by atomic mass is 16.5. The Morgan fingerprint density at radius 3 is 2.95 bits per heavy atom. The van der Waals surface area contributed by atoms with Crippen molar-refractivity contribution < 1.29 is 9.53 Å². The zero-order valence-electron chi connectivity index (χ0n) is 12.7. The topological polar surface area (TPSA) is 41.6 Å². The van der Waals surface area contributed by atoms with E-state index in [0.717, 1.165) is 24.1 Å². The number of amides is 1. The lowest BCUT2D eigenvalue weighted by Gasteiger charge is -2.27. The van der Waals surface area contributed by atoms with Gasteiger partial charge in [-0.15, -0.1) is 6.58 Å². The monoisotopic (exact) mass is 288 g/mol. The fraction of sp³-hybridized carbons (Fsp3) is 0.471. The van der Waals surface area contributed by atoms with Crippen molar-refractivity contribution in [3.8, 4) is 0 Å². The Bertz CT molecular complexity index is 481. The fourth-order valence-corrected chi connectivity index (χ4v) is 2.42. The maximum absolute atomic E-state index is 12.4. The number of carbonyl (C=O) groups excluding carboxylic acids is 1. The first-order valence-corrected chi connectivity index (χ1v) is 7.55. The van der Waals surface area contributed by atoms with Gasteiger partial charge in [-0.25, -0.2) is 0 Å².